The second-order valence-electron chi connectivity index (χ2n) is 9.23. The quantitative estimate of drug-likeness (QED) is 0.560. The Morgan fingerprint density at radius 1 is 1.08 bits per heavy atom. The van der Waals surface area contributed by atoms with Gasteiger partial charge >= 0.3 is 12.0 Å². The summed E-state index contributed by atoms with van der Waals surface area (Å²) in [4.78, 5) is 44.5. The van der Waals surface area contributed by atoms with E-state index >= 15 is 0 Å². The summed E-state index contributed by atoms with van der Waals surface area (Å²) >= 11 is 0. The topological polar surface area (TPSA) is 91.4 Å². The third kappa shape index (κ3) is 5.96. The first-order valence-electron chi connectivity index (χ1n) is 12.7. The van der Waals surface area contributed by atoms with Crippen molar-refractivity contribution in [1.82, 2.24) is 20.0 Å². The lowest BCUT2D eigenvalue weighted by atomic mass is 9.94. The molecule has 3 amide bonds. The minimum absolute atomic E-state index is 0.0544. The zero-order chi connectivity index (χ0) is 27.2. The lowest BCUT2D eigenvalue weighted by Crippen LogP contribution is -2.49. The summed E-state index contributed by atoms with van der Waals surface area (Å²) in [6, 6.07) is 11.6. The molecule has 0 aliphatic carbocycles. The molecule has 2 aromatic carbocycles. The number of nitrogens with one attached hydrogen (secondary N) is 1. The van der Waals surface area contributed by atoms with Gasteiger partial charge in [0.05, 0.1) is 25.3 Å². The maximum Gasteiger partial charge on any atom is 0.338 e. The number of halogens is 1. The largest absolute Gasteiger partial charge is 0.497 e. The van der Waals surface area contributed by atoms with Crippen LogP contribution < -0.4 is 10.1 Å². The van der Waals surface area contributed by atoms with E-state index in [1.165, 1.54) is 17.0 Å². The third-order valence-electron chi connectivity index (χ3n) is 6.84. The fourth-order valence-corrected chi connectivity index (χ4v) is 4.79. The minimum Gasteiger partial charge on any atom is -0.497 e. The molecular formula is C28H33FN4O5. The van der Waals surface area contributed by atoms with Crippen LogP contribution in [0.15, 0.2) is 59.8 Å². The van der Waals surface area contributed by atoms with Gasteiger partial charge < -0.3 is 19.7 Å². The molecule has 2 aromatic rings. The Balaban J connectivity index is 1.57. The number of ether oxygens (including phenoxy) is 2. The Morgan fingerprint density at radius 3 is 2.53 bits per heavy atom. The van der Waals surface area contributed by atoms with Crippen molar-refractivity contribution in [2.45, 2.75) is 19.4 Å². The van der Waals surface area contributed by atoms with Crippen molar-refractivity contribution in [3.05, 3.63) is 76.7 Å². The summed E-state index contributed by atoms with van der Waals surface area (Å²) in [5, 5.41) is 2.81. The Bertz CT molecular complexity index is 1220. The second-order valence-corrected chi connectivity index (χ2v) is 9.23. The van der Waals surface area contributed by atoms with Crippen LogP contribution in [0.4, 0.5) is 9.18 Å². The van der Waals surface area contributed by atoms with Crippen LogP contribution in [0.3, 0.4) is 0 Å². The standard InChI is InChI=1S/C28H33FN4O5/c1-4-38-27(35)24-23(31(2)28(36)30-25(24)20-7-5-8-21(29)17-20)18-32-13-6-14-33(16-15-32)26(34)19-9-11-22(37-3)12-10-19/h5,7-12,17,25H,4,6,13-16,18H2,1-3H3,(H,30,36). The molecule has 9 nitrogen and oxygen atoms in total. The number of likely N-dealkylation sites (N-methyl/N-ethyl adjacent to an activating group) is 1. The average Bonchev–Trinajstić information content (AvgIpc) is 3.16. The van der Waals surface area contributed by atoms with Gasteiger partial charge in [-0.1, -0.05) is 12.1 Å². The van der Waals surface area contributed by atoms with Crippen molar-refractivity contribution in [2.24, 2.45) is 0 Å². The number of hydrogen-bond donors (Lipinski definition) is 1. The summed E-state index contributed by atoms with van der Waals surface area (Å²) in [7, 11) is 3.18. The second kappa shape index (κ2) is 12.1. The number of nitrogens with zero attached hydrogens (tertiary/aromatic N) is 3. The number of amides is 3. The van der Waals surface area contributed by atoms with Crippen molar-refractivity contribution in [3.8, 4) is 5.75 Å². The van der Waals surface area contributed by atoms with Crippen LogP contribution in [-0.2, 0) is 9.53 Å². The predicted molar refractivity (Wildman–Crippen MR) is 139 cm³/mol. The Morgan fingerprint density at radius 2 is 1.84 bits per heavy atom. The van der Waals surface area contributed by atoms with Crippen molar-refractivity contribution in [2.75, 3.05) is 53.5 Å². The van der Waals surface area contributed by atoms with Crippen molar-refractivity contribution < 1.29 is 28.2 Å². The van der Waals surface area contributed by atoms with Gasteiger partial charge in [-0.3, -0.25) is 14.6 Å². The highest BCUT2D eigenvalue weighted by Gasteiger charge is 2.37. The third-order valence-corrected chi connectivity index (χ3v) is 6.84. The number of carbonyl (C=O) groups excluding carboxylic acids is 3. The smallest absolute Gasteiger partial charge is 0.338 e. The zero-order valence-electron chi connectivity index (χ0n) is 21.9. The average molecular weight is 525 g/mol. The Kier molecular flexibility index (Phi) is 8.62. The van der Waals surface area contributed by atoms with Crippen LogP contribution in [0.1, 0.15) is 35.3 Å². The SMILES string of the molecule is CCOC(=O)C1=C(CN2CCCN(C(=O)c3ccc(OC)cc3)CC2)N(C)C(=O)NC1c1cccc(F)c1. The summed E-state index contributed by atoms with van der Waals surface area (Å²) in [5.74, 6) is -0.392. The highest BCUT2D eigenvalue weighted by molar-refractivity contribution is 5.95. The molecule has 2 aliphatic heterocycles. The van der Waals surface area contributed by atoms with E-state index in [-0.39, 0.29) is 18.1 Å². The summed E-state index contributed by atoms with van der Waals surface area (Å²) in [5.41, 5.74) is 1.82. The van der Waals surface area contributed by atoms with Crippen LogP contribution in [0, 0.1) is 5.82 Å². The van der Waals surface area contributed by atoms with E-state index in [1.807, 2.05) is 4.90 Å². The number of rotatable bonds is 7. The van der Waals surface area contributed by atoms with Gasteiger partial charge in [0.2, 0.25) is 0 Å². The summed E-state index contributed by atoms with van der Waals surface area (Å²) in [6.45, 7) is 4.49. The summed E-state index contributed by atoms with van der Waals surface area (Å²) < 4.78 is 24.6. The maximum absolute atomic E-state index is 14.0. The molecular weight excluding hydrogens is 491 g/mol. The van der Waals surface area contributed by atoms with Gasteiger partial charge in [-0.2, -0.15) is 0 Å². The first-order valence-corrected chi connectivity index (χ1v) is 12.7. The molecule has 0 saturated carbocycles. The number of benzene rings is 2. The van der Waals surface area contributed by atoms with Gasteiger partial charge in [-0.15, -0.1) is 0 Å². The van der Waals surface area contributed by atoms with Crippen molar-refractivity contribution in [1.29, 1.82) is 0 Å². The normalized spacial score (nSPS) is 18.6. The lowest BCUT2D eigenvalue weighted by molar-refractivity contribution is -0.139. The van der Waals surface area contributed by atoms with Gasteiger partial charge in [-0.05, 0) is 55.3 Å². The molecule has 2 heterocycles. The molecule has 0 spiro atoms. The van der Waals surface area contributed by atoms with E-state index in [9.17, 15) is 18.8 Å². The van der Waals surface area contributed by atoms with Crippen molar-refractivity contribution >= 4 is 17.9 Å². The lowest BCUT2D eigenvalue weighted by Gasteiger charge is -2.36. The zero-order valence-corrected chi connectivity index (χ0v) is 21.9. The van der Waals surface area contributed by atoms with E-state index in [2.05, 4.69) is 10.2 Å². The van der Waals surface area contributed by atoms with Gasteiger partial charge in [0.25, 0.3) is 5.91 Å². The molecule has 1 N–H and O–H groups in total. The number of carbonyl (C=O) groups is 3. The molecule has 2 aliphatic rings. The number of methoxy groups -OCH3 is 1. The number of hydrogen-bond acceptors (Lipinski definition) is 6. The van der Waals surface area contributed by atoms with Crippen LogP contribution in [0.25, 0.3) is 0 Å². The molecule has 202 valence electrons. The van der Waals surface area contributed by atoms with Crippen LogP contribution in [0.2, 0.25) is 0 Å². The number of urea groups is 1. The van der Waals surface area contributed by atoms with Gasteiger partial charge in [0, 0.05) is 51.0 Å². The first kappa shape index (κ1) is 27.1. The molecule has 0 radical (unpaired) electrons. The fraction of sp³-hybridized carbons (Fsp3) is 0.393. The van der Waals surface area contributed by atoms with Crippen molar-refractivity contribution in [3.63, 3.8) is 0 Å². The highest BCUT2D eigenvalue weighted by Crippen LogP contribution is 2.32. The van der Waals surface area contributed by atoms with E-state index in [4.69, 9.17) is 9.47 Å². The number of esters is 1. The monoisotopic (exact) mass is 524 g/mol. The van der Waals surface area contributed by atoms with Gasteiger partial charge in [0.1, 0.15) is 11.6 Å². The van der Waals surface area contributed by atoms with E-state index < -0.39 is 23.9 Å². The van der Waals surface area contributed by atoms with Crippen LogP contribution in [-0.4, -0.2) is 86.1 Å². The highest BCUT2D eigenvalue weighted by atomic mass is 19.1. The van der Waals surface area contributed by atoms with E-state index in [0.29, 0.717) is 55.3 Å². The van der Waals surface area contributed by atoms with E-state index in [1.54, 1.807) is 57.5 Å². The molecule has 0 bridgehead atoms. The Labute approximate surface area is 221 Å². The molecule has 4 rings (SSSR count). The van der Waals surface area contributed by atoms with Gasteiger partial charge in [0.15, 0.2) is 0 Å². The molecule has 38 heavy (non-hydrogen) atoms. The molecule has 1 atom stereocenters. The molecule has 0 aromatic heterocycles. The van der Waals surface area contributed by atoms with E-state index in [0.717, 1.165) is 6.42 Å². The molecule has 1 fully saturated rings. The van der Waals surface area contributed by atoms with Crippen LogP contribution in [0.5, 0.6) is 5.75 Å². The predicted octanol–water partition coefficient (Wildman–Crippen LogP) is 3.20. The fourth-order valence-electron chi connectivity index (χ4n) is 4.79. The van der Waals surface area contributed by atoms with Crippen LogP contribution >= 0.6 is 0 Å². The maximum atomic E-state index is 14.0. The van der Waals surface area contributed by atoms with Gasteiger partial charge in [-0.25, -0.2) is 14.0 Å². The molecule has 1 unspecified atom stereocenters. The minimum atomic E-state index is -0.844. The summed E-state index contributed by atoms with van der Waals surface area (Å²) in [6.07, 6.45) is 0.729. The Hall–Kier alpha value is -3.92. The first-order chi connectivity index (χ1) is 18.3. The molecule has 1 saturated heterocycles. The molecule has 10 heteroatoms.